The van der Waals surface area contributed by atoms with Gasteiger partial charge in [-0.05, 0) is 54.2 Å². The Morgan fingerprint density at radius 3 is 1.91 bits per heavy atom. The minimum absolute atomic E-state index is 0.0648. The SMILES string of the molecule is CC(C(CCCc1ccccc1)Cc1ccccc1)C(CO)C(=O)NCc1ccccc1. The van der Waals surface area contributed by atoms with Crippen molar-refractivity contribution in [1.29, 1.82) is 0 Å². The molecule has 0 aromatic heterocycles. The summed E-state index contributed by atoms with van der Waals surface area (Å²) < 4.78 is 0. The first-order valence-corrected chi connectivity index (χ1v) is 11.7. The lowest BCUT2D eigenvalue weighted by Crippen LogP contribution is -2.39. The van der Waals surface area contributed by atoms with E-state index in [4.69, 9.17) is 0 Å². The summed E-state index contributed by atoms with van der Waals surface area (Å²) in [6, 6.07) is 30.9. The molecular formula is C29H35NO2. The number of nitrogens with one attached hydrogen (secondary N) is 1. The summed E-state index contributed by atoms with van der Waals surface area (Å²) in [5, 5.41) is 13.2. The number of hydrogen-bond acceptors (Lipinski definition) is 2. The van der Waals surface area contributed by atoms with Gasteiger partial charge in [0, 0.05) is 6.54 Å². The fourth-order valence-corrected chi connectivity index (χ4v) is 4.41. The zero-order valence-electron chi connectivity index (χ0n) is 19.0. The van der Waals surface area contributed by atoms with Gasteiger partial charge in [0.1, 0.15) is 0 Å². The second-order valence-electron chi connectivity index (χ2n) is 8.68. The van der Waals surface area contributed by atoms with E-state index in [9.17, 15) is 9.90 Å². The van der Waals surface area contributed by atoms with Gasteiger partial charge in [0.2, 0.25) is 5.91 Å². The van der Waals surface area contributed by atoms with E-state index in [2.05, 4.69) is 60.8 Å². The molecule has 1 amide bonds. The van der Waals surface area contributed by atoms with Crippen LogP contribution in [0.25, 0.3) is 0 Å². The number of rotatable bonds is 12. The molecule has 3 heteroatoms. The topological polar surface area (TPSA) is 49.3 Å². The first-order chi connectivity index (χ1) is 15.7. The van der Waals surface area contributed by atoms with E-state index in [-0.39, 0.29) is 18.4 Å². The zero-order chi connectivity index (χ0) is 22.6. The Hall–Kier alpha value is -2.91. The lowest BCUT2D eigenvalue weighted by molar-refractivity contribution is -0.129. The Balaban J connectivity index is 1.65. The van der Waals surface area contributed by atoms with Crippen molar-refractivity contribution in [2.24, 2.45) is 17.8 Å². The average molecular weight is 430 g/mol. The molecule has 3 aromatic carbocycles. The summed E-state index contributed by atoms with van der Waals surface area (Å²) >= 11 is 0. The highest BCUT2D eigenvalue weighted by Crippen LogP contribution is 2.29. The molecule has 3 nitrogen and oxygen atoms in total. The lowest BCUT2D eigenvalue weighted by Gasteiger charge is -2.30. The van der Waals surface area contributed by atoms with Crippen LogP contribution < -0.4 is 5.32 Å². The van der Waals surface area contributed by atoms with Crippen molar-refractivity contribution in [3.63, 3.8) is 0 Å². The molecule has 0 heterocycles. The molecule has 0 saturated carbocycles. The van der Waals surface area contributed by atoms with E-state index in [0.29, 0.717) is 12.5 Å². The van der Waals surface area contributed by atoms with Gasteiger partial charge in [-0.3, -0.25) is 4.79 Å². The van der Waals surface area contributed by atoms with E-state index >= 15 is 0 Å². The van der Waals surface area contributed by atoms with E-state index in [1.54, 1.807) is 0 Å². The third-order valence-corrected chi connectivity index (χ3v) is 6.45. The maximum Gasteiger partial charge on any atom is 0.225 e. The normalized spacial score (nSPS) is 13.8. The first kappa shape index (κ1) is 23.7. The first-order valence-electron chi connectivity index (χ1n) is 11.7. The van der Waals surface area contributed by atoms with Crippen molar-refractivity contribution in [3.05, 3.63) is 108 Å². The molecule has 2 N–H and O–H groups in total. The Morgan fingerprint density at radius 2 is 1.34 bits per heavy atom. The van der Waals surface area contributed by atoms with Gasteiger partial charge >= 0.3 is 0 Å². The molecule has 0 bridgehead atoms. The van der Waals surface area contributed by atoms with Crippen LogP contribution in [0, 0.1) is 17.8 Å². The third-order valence-electron chi connectivity index (χ3n) is 6.45. The number of amides is 1. The molecule has 0 spiro atoms. The maximum absolute atomic E-state index is 13.0. The van der Waals surface area contributed by atoms with Gasteiger partial charge in [-0.2, -0.15) is 0 Å². The van der Waals surface area contributed by atoms with Gasteiger partial charge in [0.25, 0.3) is 0 Å². The molecule has 3 aromatic rings. The van der Waals surface area contributed by atoms with Crippen molar-refractivity contribution in [3.8, 4) is 0 Å². The molecule has 32 heavy (non-hydrogen) atoms. The minimum Gasteiger partial charge on any atom is -0.396 e. The highest BCUT2D eigenvalue weighted by atomic mass is 16.3. The highest BCUT2D eigenvalue weighted by Gasteiger charge is 2.30. The smallest absolute Gasteiger partial charge is 0.225 e. The van der Waals surface area contributed by atoms with Crippen LogP contribution in [0.1, 0.15) is 36.5 Å². The summed E-state index contributed by atoms with van der Waals surface area (Å²) in [6.45, 7) is 2.48. The van der Waals surface area contributed by atoms with Gasteiger partial charge in [-0.1, -0.05) is 97.9 Å². The van der Waals surface area contributed by atoms with Crippen molar-refractivity contribution in [2.75, 3.05) is 6.61 Å². The molecule has 3 atom stereocenters. The molecule has 0 fully saturated rings. The number of aliphatic hydroxyl groups is 1. The summed E-state index contributed by atoms with van der Waals surface area (Å²) in [5.41, 5.74) is 3.69. The van der Waals surface area contributed by atoms with Crippen LogP contribution in [0.2, 0.25) is 0 Å². The fraction of sp³-hybridized carbons (Fsp3) is 0.345. The predicted octanol–water partition coefficient (Wildman–Crippen LogP) is 5.43. The second-order valence-corrected chi connectivity index (χ2v) is 8.68. The maximum atomic E-state index is 13.0. The standard InChI is InChI=1S/C29H35NO2/c1-23(28(22-31)29(32)30-21-26-16-9-4-10-17-26)27(20-25-14-7-3-8-15-25)19-11-18-24-12-5-2-6-13-24/h2-10,12-17,23,27-28,31H,11,18-22H2,1H3,(H,30,32). The largest absolute Gasteiger partial charge is 0.396 e. The van der Waals surface area contributed by atoms with E-state index in [0.717, 1.165) is 31.2 Å². The molecule has 0 radical (unpaired) electrons. The van der Waals surface area contributed by atoms with Crippen LogP contribution in [-0.2, 0) is 24.2 Å². The number of carbonyl (C=O) groups is 1. The molecular weight excluding hydrogens is 394 g/mol. The number of hydrogen-bond donors (Lipinski definition) is 2. The molecule has 0 aliphatic rings. The highest BCUT2D eigenvalue weighted by molar-refractivity contribution is 5.79. The molecule has 168 valence electrons. The Kier molecular flexibility index (Phi) is 9.52. The molecule has 3 rings (SSSR count). The molecule has 0 saturated heterocycles. The second kappa shape index (κ2) is 12.8. The van der Waals surface area contributed by atoms with Crippen LogP contribution in [0.15, 0.2) is 91.0 Å². The number of benzene rings is 3. The van der Waals surface area contributed by atoms with Gasteiger partial charge < -0.3 is 10.4 Å². The monoisotopic (exact) mass is 429 g/mol. The number of aryl methyl sites for hydroxylation is 1. The summed E-state index contributed by atoms with van der Waals surface area (Å²) in [4.78, 5) is 13.0. The van der Waals surface area contributed by atoms with Crippen LogP contribution in [0.3, 0.4) is 0 Å². The van der Waals surface area contributed by atoms with Crippen LogP contribution in [0.5, 0.6) is 0 Å². The zero-order valence-corrected chi connectivity index (χ0v) is 19.0. The lowest BCUT2D eigenvalue weighted by atomic mass is 9.77. The molecule has 0 aliphatic carbocycles. The fourth-order valence-electron chi connectivity index (χ4n) is 4.41. The van der Waals surface area contributed by atoms with Crippen LogP contribution >= 0.6 is 0 Å². The Bertz CT molecular complexity index is 912. The van der Waals surface area contributed by atoms with E-state index in [1.165, 1.54) is 11.1 Å². The van der Waals surface area contributed by atoms with Crippen molar-refractivity contribution >= 4 is 5.91 Å². The summed E-state index contributed by atoms with van der Waals surface area (Å²) in [5.74, 6) is -0.0818. The number of aliphatic hydroxyl groups excluding tert-OH is 1. The van der Waals surface area contributed by atoms with Crippen LogP contribution in [0.4, 0.5) is 0 Å². The Morgan fingerprint density at radius 1 is 0.812 bits per heavy atom. The molecule has 0 aliphatic heterocycles. The van der Waals surface area contributed by atoms with Gasteiger partial charge in [-0.25, -0.2) is 0 Å². The Labute approximate surface area is 192 Å². The van der Waals surface area contributed by atoms with Gasteiger partial charge in [0.15, 0.2) is 0 Å². The quantitative estimate of drug-likeness (QED) is 0.403. The van der Waals surface area contributed by atoms with E-state index < -0.39 is 5.92 Å². The van der Waals surface area contributed by atoms with Crippen molar-refractivity contribution in [2.45, 2.75) is 39.2 Å². The van der Waals surface area contributed by atoms with Gasteiger partial charge in [-0.15, -0.1) is 0 Å². The molecule has 3 unspecified atom stereocenters. The van der Waals surface area contributed by atoms with Gasteiger partial charge in [0.05, 0.1) is 12.5 Å². The summed E-state index contributed by atoms with van der Waals surface area (Å²) in [6.07, 6.45) is 4.03. The third kappa shape index (κ3) is 7.35. The minimum atomic E-state index is -0.413. The van der Waals surface area contributed by atoms with Crippen LogP contribution in [-0.4, -0.2) is 17.6 Å². The van der Waals surface area contributed by atoms with Crippen molar-refractivity contribution < 1.29 is 9.90 Å². The number of carbonyl (C=O) groups excluding carboxylic acids is 1. The summed E-state index contributed by atoms with van der Waals surface area (Å²) in [7, 11) is 0. The van der Waals surface area contributed by atoms with E-state index in [1.807, 2.05) is 42.5 Å². The average Bonchev–Trinajstić information content (AvgIpc) is 2.84. The predicted molar refractivity (Wildman–Crippen MR) is 131 cm³/mol. The van der Waals surface area contributed by atoms with Crippen molar-refractivity contribution in [1.82, 2.24) is 5.32 Å².